The number of pyridine rings is 1. The van der Waals surface area contributed by atoms with Crippen molar-refractivity contribution in [3.8, 4) is 5.75 Å². The number of nitrogens with zero attached hydrogens (tertiary/aromatic N) is 1. The van der Waals surface area contributed by atoms with Gasteiger partial charge in [-0.1, -0.05) is 23.8 Å². The monoisotopic (exact) mass is 461 g/mol. The van der Waals surface area contributed by atoms with Gasteiger partial charge in [0.2, 0.25) is 0 Å². The first kappa shape index (κ1) is 22.5. The molecule has 168 valence electrons. The van der Waals surface area contributed by atoms with Crippen molar-refractivity contribution < 1.29 is 9.13 Å². The van der Waals surface area contributed by atoms with Gasteiger partial charge in [0.05, 0.1) is 13.7 Å². The van der Waals surface area contributed by atoms with E-state index >= 15 is 0 Å². The van der Waals surface area contributed by atoms with Crippen LogP contribution in [0.15, 0.2) is 77.6 Å². The van der Waals surface area contributed by atoms with Crippen molar-refractivity contribution in [3.05, 3.63) is 106 Å². The molecule has 0 atom stereocenters. The van der Waals surface area contributed by atoms with E-state index < -0.39 is 0 Å². The highest BCUT2D eigenvalue weighted by Crippen LogP contribution is 2.18. The molecule has 1 aromatic heterocycles. The van der Waals surface area contributed by atoms with E-state index in [0.29, 0.717) is 29.5 Å². The molecule has 0 amide bonds. The van der Waals surface area contributed by atoms with Crippen molar-refractivity contribution >= 4 is 33.9 Å². The zero-order valence-corrected chi connectivity index (χ0v) is 19.2. The summed E-state index contributed by atoms with van der Waals surface area (Å²) in [7, 11) is 1.62. The maximum absolute atomic E-state index is 13.3. The summed E-state index contributed by atoms with van der Waals surface area (Å²) >= 11 is 5.68. The predicted molar refractivity (Wildman–Crippen MR) is 134 cm³/mol. The van der Waals surface area contributed by atoms with Crippen LogP contribution in [0.3, 0.4) is 0 Å². The molecule has 0 unspecified atom stereocenters. The molecular weight excluding hydrogens is 437 g/mol. The SMILES string of the molecule is COc1ccc(CN(Cc2cc3cc(C)ccc3[nH]c2=O)C(=S)Nc2ccc(F)cc2)cc1. The number of aromatic nitrogens is 1. The van der Waals surface area contributed by atoms with E-state index in [0.717, 1.165) is 27.8 Å². The van der Waals surface area contributed by atoms with Crippen LogP contribution in [0.4, 0.5) is 10.1 Å². The van der Waals surface area contributed by atoms with E-state index in [1.165, 1.54) is 12.1 Å². The third-order valence-corrected chi connectivity index (χ3v) is 5.71. The topological polar surface area (TPSA) is 57.4 Å². The lowest BCUT2D eigenvalue weighted by Gasteiger charge is -2.26. The summed E-state index contributed by atoms with van der Waals surface area (Å²) < 4.78 is 18.5. The fourth-order valence-corrected chi connectivity index (χ4v) is 3.83. The molecule has 0 saturated carbocycles. The number of thiocarbonyl (C=S) groups is 1. The Morgan fingerprint density at radius 3 is 2.45 bits per heavy atom. The van der Waals surface area contributed by atoms with Gasteiger partial charge in [-0.15, -0.1) is 0 Å². The number of benzene rings is 3. The Balaban J connectivity index is 1.64. The predicted octanol–water partition coefficient (Wildman–Crippen LogP) is 5.38. The molecule has 0 bridgehead atoms. The smallest absolute Gasteiger partial charge is 0.253 e. The van der Waals surface area contributed by atoms with Crippen LogP contribution in [-0.2, 0) is 13.1 Å². The lowest BCUT2D eigenvalue weighted by molar-refractivity contribution is 0.406. The Labute approximate surface area is 196 Å². The normalized spacial score (nSPS) is 10.8. The van der Waals surface area contributed by atoms with E-state index in [-0.39, 0.29) is 11.4 Å². The average Bonchev–Trinajstić information content (AvgIpc) is 2.81. The molecule has 0 aliphatic carbocycles. The molecule has 0 radical (unpaired) electrons. The number of nitrogens with one attached hydrogen (secondary N) is 2. The molecule has 0 fully saturated rings. The highest BCUT2D eigenvalue weighted by molar-refractivity contribution is 7.80. The summed E-state index contributed by atoms with van der Waals surface area (Å²) in [4.78, 5) is 17.7. The molecule has 0 saturated heterocycles. The van der Waals surface area contributed by atoms with Gasteiger partial charge in [0.1, 0.15) is 11.6 Å². The first-order valence-corrected chi connectivity index (χ1v) is 10.9. The summed E-state index contributed by atoms with van der Waals surface area (Å²) in [6.07, 6.45) is 0. The van der Waals surface area contributed by atoms with Crippen LogP contribution in [0, 0.1) is 12.7 Å². The van der Waals surface area contributed by atoms with Crippen LogP contribution >= 0.6 is 12.2 Å². The van der Waals surface area contributed by atoms with Crippen LogP contribution < -0.4 is 15.6 Å². The van der Waals surface area contributed by atoms with Gasteiger partial charge in [0.15, 0.2) is 5.11 Å². The summed E-state index contributed by atoms with van der Waals surface area (Å²) in [5, 5.41) is 4.55. The second kappa shape index (κ2) is 9.83. The second-order valence-corrected chi connectivity index (χ2v) is 8.24. The van der Waals surface area contributed by atoms with Gasteiger partial charge in [-0.2, -0.15) is 0 Å². The van der Waals surface area contributed by atoms with E-state index in [2.05, 4.69) is 10.3 Å². The minimum absolute atomic E-state index is 0.157. The number of H-pyrrole nitrogens is 1. The molecule has 5 nitrogen and oxygen atoms in total. The van der Waals surface area contributed by atoms with Crippen molar-refractivity contribution in [1.29, 1.82) is 0 Å². The van der Waals surface area contributed by atoms with Crippen molar-refractivity contribution in [2.24, 2.45) is 0 Å². The van der Waals surface area contributed by atoms with E-state index in [1.807, 2.05) is 60.4 Å². The third kappa shape index (κ3) is 5.56. The zero-order chi connectivity index (χ0) is 23.4. The maximum atomic E-state index is 13.3. The quantitative estimate of drug-likeness (QED) is 0.378. The van der Waals surface area contributed by atoms with E-state index in [4.69, 9.17) is 17.0 Å². The van der Waals surface area contributed by atoms with Gasteiger partial charge in [-0.3, -0.25) is 4.79 Å². The maximum Gasteiger partial charge on any atom is 0.253 e. The second-order valence-electron chi connectivity index (χ2n) is 7.86. The molecule has 2 N–H and O–H groups in total. The fourth-order valence-electron chi connectivity index (χ4n) is 3.58. The lowest BCUT2D eigenvalue weighted by atomic mass is 10.1. The number of ether oxygens (including phenoxy) is 1. The fraction of sp³-hybridized carbons (Fsp3) is 0.154. The van der Waals surface area contributed by atoms with Crippen LogP contribution in [0.1, 0.15) is 16.7 Å². The molecule has 7 heteroatoms. The summed E-state index contributed by atoms with van der Waals surface area (Å²) in [5.41, 5.74) is 4.03. The minimum atomic E-state index is -0.320. The van der Waals surface area contributed by atoms with Gasteiger partial charge >= 0.3 is 0 Å². The van der Waals surface area contributed by atoms with E-state index in [1.54, 1.807) is 19.2 Å². The number of fused-ring (bicyclic) bond motifs is 1. The van der Waals surface area contributed by atoms with Crippen molar-refractivity contribution in [1.82, 2.24) is 9.88 Å². The highest BCUT2D eigenvalue weighted by atomic mass is 32.1. The van der Waals surface area contributed by atoms with Crippen molar-refractivity contribution in [2.75, 3.05) is 12.4 Å². The summed E-state index contributed by atoms with van der Waals surface area (Å²) in [6, 6.07) is 21.5. The molecule has 3 aromatic carbocycles. The number of hydrogen-bond donors (Lipinski definition) is 2. The van der Waals surface area contributed by atoms with Crippen LogP contribution in [0.5, 0.6) is 5.75 Å². The molecule has 1 heterocycles. The Morgan fingerprint density at radius 1 is 1.03 bits per heavy atom. The van der Waals surface area contributed by atoms with Crippen molar-refractivity contribution in [3.63, 3.8) is 0 Å². The van der Waals surface area contributed by atoms with Crippen LogP contribution in [-0.4, -0.2) is 22.1 Å². The average molecular weight is 462 g/mol. The molecule has 33 heavy (non-hydrogen) atoms. The van der Waals surface area contributed by atoms with Gasteiger partial charge in [-0.25, -0.2) is 4.39 Å². The standard InChI is InChI=1S/C26H24FN3O2S/c1-17-3-12-24-19(13-17)14-20(25(31)29-24)16-30(15-18-4-10-23(32-2)11-5-18)26(33)28-22-8-6-21(27)7-9-22/h3-14H,15-16H2,1-2H3,(H,28,33)(H,29,31). The number of halogens is 1. The van der Waals surface area contributed by atoms with Crippen molar-refractivity contribution in [2.45, 2.75) is 20.0 Å². The summed E-state index contributed by atoms with van der Waals surface area (Å²) in [5.74, 6) is 0.443. The Kier molecular flexibility index (Phi) is 6.70. The van der Waals surface area contributed by atoms with Gasteiger partial charge in [0, 0.05) is 23.3 Å². The van der Waals surface area contributed by atoms with Gasteiger partial charge < -0.3 is 19.9 Å². The van der Waals surface area contributed by atoms with Crippen LogP contribution in [0.25, 0.3) is 10.9 Å². The first-order valence-electron chi connectivity index (χ1n) is 10.5. The largest absolute Gasteiger partial charge is 0.497 e. The Bertz CT molecular complexity index is 1330. The number of methoxy groups -OCH3 is 1. The highest BCUT2D eigenvalue weighted by Gasteiger charge is 2.15. The first-order chi connectivity index (χ1) is 15.9. The molecule has 0 spiro atoms. The molecule has 0 aliphatic rings. The molecule has 4 rings (SSSR count). The zero-order valence-electron chi connectivity index (χ0n) is 18.4. The van der Waals surface area contributed by atoms with Crippen LogP contribution in [0.2, 0.25) is 0 Å². The van der Waals surface area contributed by atoms with Gasteiger partial charge in [0.25, 0.3) is 5.56 Å². The Morgan fingerprint density at radius 2 is 1.76 bits per heavy atom. The lowest BCUT2D eigenvalue weighted by Crippen LogP contribution is -2.35. The number of aryl methyl sites for hydroxylation is 1. The number of rotatable bonds is 6. The minimum Gasteiger partial charge on any atom is -0.497 e. The van der Waals surface area contributed by atoms with Gasteiger partial charge in [-0.05, 0) is 84.7 Å². The molecule has 4 aromatic rings. The summed E-state index contributed by atoms with van der Waals surface area (Å²) in [6.45, 7) is 2.79. The number of anilines is 1. The Hall–Kier alpha value is -3.71. The third-order valence-electron chi connectivity index (χ3n) is 5.35. The number of hydrogen-bond acceptors (Lipinski definition) is 3. The molecule has 0 aliphatic heterocycles. The molecular formula is C26H24FN3O2S. The number of aromatic amines is 1. The van der Waals surface area contributed by atoms with E-state index in [9.17, 15) is 9.18 Å².